The monoisotopic (exact) mass is 670 g/mol. The Bertz CT molecular complexity index is 1960. The zero-order chi connectivity index (χ0) is 33.6. The van der Waals surface area contributed by atoms with E-state index in [0.29, 0.717) is 41.5 Å². The van der Waals surface area contributed by atoms with Crippen molar-refractivity contribution in [2.24, 2.45) is 18.9 Å². The van der Waals surface area contributed by atoms with E-state index in [1.54, 1.807) is 41.0 Å². The smallest absolute Gasteiger partial charge is 0.408 e. The lowest BCUT2D eigenvalue weighted by Crippen LogP contribution is -2.41. The lowest BCUT2D eigenvalue weighted by atomic mass is 9.93. The Morgan fingerprint density at radius 2 is 1.75 bits per heavy atom. The SMILES string of the molecule is Cn1nc(-c2cscn2)c(F)c1C(=O)N1C[C@@H]2C(Oc3cc(C(C)(C)NC(=O)OCc4ccccc4)cc(-c4ccc(F)cc4)n3)[C@@H]2C1. The van der Waals surface area contributed by atoms with Crippen LogP contribution in [0.25, 0.3) is 22.6 Å². The highest BCUT2D eigenvalue weighted by Crippen LogP contribution is 2.48. The Kier molecular flexibility index (Phi) is 8.15. The minimum atomic E-state index is -0.892. The number of thiazole rings is 1. The van der Waals surface area contributed by atoms with Crippen LogP contribution in [0.4, 0.5) is 13.6 Å². The van der Waals surface area contributed by atoms with Gasteiger partial charge in [-0.15, -0.1) is 11.3 Å². The molecule has 0 spiro atoms. The number of pyridine rings is 1. The van der Waals surface area contributed by atoms with Gasteiger partial charge >= 0.3 is 6.09 Å². The number of aromatic nitrogens is 4. The molecule has 1 aliphatic carbocycles. The van der Waals surface area contributed by atoms with Crippen molar-refractivity contribution in [1.29, 1.82) is 0 Å². The van der Waals surface area contributed by atoms with Gasteiger partial charge in [0.15, 0.2) is 11.5 Å². The summed E-state index contributed by atoms with van der Waals surface area (Å²) in [6, 6.07) is 19.0. The van der Waals surface area contributed by atoms with Gasteiger partial charge in [-0.3, -0.25) is 9.48 Å². The van der Waals surface area contributed by atoms with E-state index < -0.39 is 23.4 Å². The summed E-state index contributed by atoms with van der Waals surface area (Å²) < 4.78 is 42.2. The third-order valence-electron chi connectivity index (χ3n) is 8.82. The summed E-state index contributed by atoms with van der Waals surface area (Å²) in [5.41, 5.74) is 3.82. The number of rotatable bonds is 9. The number of hydrogen-bond donors (Lipinski definition) is 1. The van der Waals surface area contributed by atoms with Crippen molar-refractivity contribution in [3.63, 3.8) is 0 Å². The quantitative estimate of drug-likeness (QED) is 0.199. The van der Waals surface area contributed by atoms with Crippen molar-refractivity contribution in [3.8, 4) is 28.5 Å². The van der Waals surface area contributed by atoms with E-state index in [1.807, 2.05) is 50.2 Å². The molecule has 2 fully saturated rings. The van der Waals surface area contributed by atoms with Gasteiger partial charge in [-0.2, -0.15) is 5.10 Å². The van der Waals surface area contributed by atoms with E-state index in [1.165, 1.54) is 28.2 Å². The molecule has 3 aromatic heterocycles. The average molecular weight is 671 g/mol. The van der Waals surface area contributed by atoms with Crippen LogP contribution in [-0.2, 0) is 23.9 Å². The number of likely N-dealkylation sites (tertiary alicyclic amines) is 1. The second kappa shape index (κ2) is 12.5. The van der Waals surface area contributed by atoms with E-state index in [0.717, 1.165) is 5.56 Å². The number of hydrogen-bond acceptors (Lipinski definition) is 8. The lowest BCUT2D eigenvalue weighted by molar-refractivity contribution is 0.0735. The molecule has 0 radical (unpaired) electrons. The largest absolute Gasteiger partial charge is 0.474 e. The minimum Gasteiger partial charge on any atom is -0.474 e. The molecule has 10 nitrogen and oxygen atoms in total. The van der Waals surface area contributed by atoms with E-state index >= 15 is 4.39 Å². The Balaban J connectivity index is 1.06. The molecule has 3 atom stereocenters. The second-order valence-electron chi connectivity index (χ2n) is 12.5. The van der Waals surface area contributed by atoms with Crippen molar-refractivity contribution in [1.82, 2.24) is 30.0 Å². The molecule has 2 aliphatic rings. The highest BCUT2D eigenvalue weighted by atomic mass is 32.1. The van der Waals surface area contributed by atoms with Crippen molar-refractivity contribution in [3.05, 3.63) is 106 Å². The molecule has 1 N–H and O–H groups in total. The van der Waals surface area contributed by atoms with Gasteiger partial charge in [0.2, 0.25) is 5.88 Å². The van der Waals surface area contributed by atoms with Crippen molar-refractivity contribution >= 4 is 23.3 Å². The number of benzene rings is 2. The van der Waals surface area contributed by atoms with Crippen molar-refractivity contribution < 1.29 is 27.8 Å². The molecule has 1 saturated heterocycles. The molecule has 1 unspecified atom stereocenters. The molecule has 48 heavy (non-hydrogen) atoms. The molecule has 4 heterocycles. The summed E-state index contributed by atoms with van der Waals surface area (Å²) in [4.78, 5) is 36.7. The molecule has 1 aliphatic heterocycles. The molecule has 13 heteroatoms. The number of ether oxygens (including phenoxy) is 2. The van der Waals surface area contributed by atoms with Gasteiger partial charge < -0.3 is 19.7 Å². The number of carbonyl (C=O) groups is 2. The highest BCUT2D eigenvalue weighted by Gasteiger charge is 2.59. The number of amides is 2. The van der Waals surface area contributed by atoms with Crippen LogP contribution >= 0.6 is 11.3 Å². The maximum Gasteiger partial charge on any atom is 0.408 e. The van der Waals surface area contributed by atoms with E-state index in [2.05, 4.69) is 15.4 Å². The number of alkyl carbamates (subject to hydrolysis) is 1. The molecular weight excluding hydrogens is 638 g/mol. The summed E-state index contributed by atoms with van der Waals surface area (Å²) in [5, 5.41) is 8.82. The molecule has 2 aromatic carbocycles. The summed E-state index contributed by atoms with van der Waals surface area (Å²) in [7, 11) is 1.55. The normalized spacial score (nSPS) is 18.4. The predicted molar refractivity (Wildman–Crippen MR) is 174 cm³/mol. The van der Waals surface area contributed by atoms with Crippen LogP contribution in [0.2, 0.25) is 0 Å². The molecule has 2 amide bonds. The predicted octanol–water partition coefficient (Wildman–Crippen LogP) is 6.19. The number of nitrogens with zero attached hydrogens (tertiary/aromatic N) is 5. The standard InChI is InChI=1S/C35H32F2N6O4S/c1-35(2,40-34(45)46-17-20-7-5-4-6-8-20)22-13-26(21-9-11-23(36)12-10-21)39-28(14-22)47-32-24-15-43(16-25(24)32)33(44)31-29(37)30(41-42(31)3)27-18-48-19-38-27/h4-14,18-19,24-25,32H,15-17H2,1-3H3,(H,40,45)/t24-,25+,32?. The first kappa shape index (κ1) is 31.4. The van der Waals surface area contributed by atoms with Crippen LogP contribution in [0.3, 0.4) is 0 Å². The second-order valence-corrected chi connectivity index (χ2v) is 13.2. The van der Waals surface area contributed by atoms with Crippen LogP contribution in [0.15, 0.2) is 77.6 Å². The summed E-state index contributed by atoms with van der Waals surface area (Å²) in [6.45, 7) is 4.61. The maximum absolute atomic E-state index is 15.3. The Morgan fingerprint density at radius 3 is 2.44 bits per heavy atom. The van der Waals surface area contributed by atoms with Crippen LogP contribution in [0.5, 0.6) is 5.88 Å². The first-order valence-electron chi connectivity index (χ1n) is 15.4. The first-order valence-corrected chi connectivity index (χ1v) is 16.4. The van der Waals surface area contributed by atoms with Crippen LogP contribution in [-0.4, -0.2) is 55.8 Å². The Morgan fingerprint density at radius 1 is 1.02 bits per heavy atom. The number of nitrogens with one attached hydrogen (secondary N) is 1. The van der Waals surface area contributed by atoms with Crippen LogP contribution < -0.4 is 10.1 Å². The number of aryl methyl sites for hydroxylation is 1. The summed E-state index contributed by atoms with van der Waals surface area (Å²) in [6.07, 6.45) is -0.789. The average Bonchev–Trinajstić information content (AvgIpc) is 3.53. The maximum atomic E-state index is 15.3. The highest BCUT2D eigenvalue weighted by molar-refractivity contribution is 7.07. The number of carbonyl (C=O) groups excluding carboxylic acids is 2. The molecule has 246 valence electrons. The zero-order valence-electron chi connectivity index (χ0n) is 26.4. The Hall–Kier alpha value is -5.17. The van der Waals surface area contributed by atoms with Gasteiger partial charge in [-0.25, -0.2) is 23.5 Å². The van der Waals surface area contributed by atoms with E-state index in [-0.39, 0.29) is 41.8 Å². The van der Waals surface area contributed by atoms with Gasteiger partial charge in [0.1, 0.15) is 29.9 Å². The zero-order valence-corrected chi connectivity index (χ0v) is 27.2. The van der Waals surface area contributed by atoms with Gasteiger partial charge in [-0.05, 0) is 55.3 Å². The van der Waals surface area contributed by atoms with E-state index in [4.69, 9.17) is 14.5 Å². The van der Waals surface area contributed by atoms with Gasteiger partial charge in [0, 0.05) is 49.0 Å². The molecule has 0 bridgehead atoms. The molecule has 7 rings (SSSR count). The molecule has 5 aromatic rings. The fourth-order valence-corrected chi connectivity index (χ4v) is 6.64. The molecule has 1 saturated carbocycles. The minimum absolute atomic E-state index is 0.0436. The fourth-order valence-electron chi connectivity index (χ4n) is 6.11. The third kappa shape index (κ3) is 6.25. The van der Waals surface area contributed by atoms with E-state index in [9.17, 15) is 14.0 Å². The molecular formula is C35H32F2N6O4S. The Labute approximate surface area is 279 Å². The van der Waals surface area contributed by atoms with Crippen molar-refractivity contribution in [2.45, 2.75) is 32.1 Å². The fraction of sp³-hybridized carbons (Fsp3) is 0.286. The van der Waals surface area contributed by atoms with Crippen LogP contribution in [0, 0.1) is 23.5 Å². The summed E-state index contributed by atoms with van der Waals surface area (Å²) in [5.74, 6) is -1.06. The lowest BCUT2D eigenvalue weighted by Gasteiger charge is -2.27. The third-order valence-corrected chi connectivity index (χ3v) is 9.40. The van der Waals surface area contributed by atoms with Gasteiger partial charge in [0.25, 0.3) is 5.91 Å². The number of piperidine rings is 1. The summed E-state index contributed by atoms with van der Waals surface area (Å²) >= 11 is 1.32. The number of halogens is 2. The van der Waals surface area contributed by atoms with Crippen LogP contribution in [0.1, 0.15) is 35.5 Å². The van der Waals surface area contributed by atoms with Gasteiger partial charge in [-0.1, -0.05) is 30.3 Å². The van der Waals surface area contributed by atoms with Gasteiger partial charge in [0.05, 0.1) is 16.7 Å². The van der Waals surface area contributed by atoms with Crippen molar-refractivity contribution in [2.75, 3.05) is 13.1 Å². The first-order chi connectivity index (χ1) is 23.1. The topological polar surface area (TPSA) is 111 Å². The number of fused-ring (bicyclic) bond motifs is 1.